The lowest BCUT2D eigenvalue weighted by Crippen LogP contribution is -2.37. The molecule has 1 aliphatic rings. The molecule has 0 unspecified atom stereocenters. The molecule has 0 aromatic heterocycles. The lowest BCUT2D eigenvalue weighted by molar-refractivity contribution is -0.161. The second-order valence-corrected chi connectivity index (χ2v) is 7.42. The molecule has 0 aliphatic heterocycles. The van der Waals surface area contributed by atoms with E-state index in [1.54, 1.807) is 39.0 Å². The van der Waals surface area contributed by atoms with E-state index in [1.165, 1.54) is 6.92 Å². The summed E-state index contributed by atoms with van der Waals surface area (Å²) in [5.41, 5.74) is 0.738. The summed E-state index contributed by atoms with van der Waals surface area (Å²) in [6, 6.07) is 7.39. The summed E-state index contributed by atoms with van der Waals surface area (Å²) < 4.78 is 5.21. The van der Waals surface area contributed by atoms with Gasteiger partial charge in [-0.05, 0) is 58.2 Å². The largest absolute Gasteiger partial charge is 0.459 e. The zero-order chi connectivity index (χ0) is 18.6. The van der Waals surface area contributed by atoms with Gasteiger partial charge in [0.25, 0.3) is 5.91 Å². The van der Waals surface area contributed by atoms with Gasteiger partial charge in [-0.15, -0.1) is 0 Å². The van der Waals surface area contributed by atoms with Crippen LogP contribution in [0.5, 0.6) is 0 Å². The zero-order valence-electron chi connectivity index (χ0n) is 15.2. The number of hydrogen-bond acceptors (Lipinski definition) is 4. The lowest BCUT2D eigenvalue weighted by Gasteiger charge is -2.22. The van der Waals surface area contributed by atoms with Crippen molar-refractivity contribution in [1.82, 2.24) is 10.6 Å². The van der Waals surface area contributed by atoms with Crippen LogP contribution in [0.3, 0.4) is 0 Å². The standard InChI is InChI=1S/C19H26N2O4/c1-12(18(24)25-19(2,3)4)16(22)20-11-13-6-5-7-14(10-13)17(23)21-15-8-9-15/h5-7,10,12,15H,8-9,11H2,1-4H3,(H,20,22)(H,21,23)/t12-/m0/s1. The molecule has 1 aliphatic carbocycles. The average molecular weight is 346 g/mol. The van der Waals surface area contributed by atoms with E-state index in [1.807, 2.05) is 6.07 Å². The summed E-state index contributed by atoms with van der Waals surface area (Å²) in [4.78, 5) is 36.1. The van der Waals surface area contributed by atoms with Crippen molar-refractivity contribution in [3.05, 3.63) is 35.4 Å². The molecule has 0 bridgehead atoms. The summed E-state index contributed by atoms with van der Waals surface area (Å²) in [6.07, 6.45) is 2.06. The minimum atomic E-state index is -0.888. The molecule has 1 aromatic rings. The highest BCUT2D eigenvalue weighted by Gasteiger charge is 2.27. The summed E-state index contributed by atoms with van der Waals surface area (Å²) in [6.45, 7) is 7.04. The number of rotatable bonds is 6. The molecular weight excluding hydrogens is 320 g/mol. The van der Waals surface area contributed by atoms with Crippen LogP contribution in [-0.4, -0.2) is 29.4 Å². The van der Waals surface area contributed by atoms with Crippen LogP contribution in [0.15, 0.2) is 24.3 Å². The first-order chi connectivity index (χ1) is 11.7. The predicted molar refractivity (Wildman–Crippen MR) is 93.8 cm³/mol. The summed E-state index contributed by atoms with van der Waals surface area (Å²) in [5, 5.41) is 5.64. The van der Waals surface area contributed by atoms with E-state index in [2.05, 4.69) is 10.6 Å². The van der Waals surface area contributed by atoms with Crippen molar-refractivity contribution in [3.63, 3.8) is 0 Å². The maximum Gasteiger partial charge on any atom is 0.318 e. The first kappa shape index (κ1) is 19.0. The van der Waals surface area contributed by atoms with Gasteiger partial charge in [-0.25, -0.2) is 0 Å². The van der Waals surface area contributed by atoms with Gasteiger partial charge in [-0.3, -0.25) is 14.4 Å². The van der Waals surface area contributed by atoms with Crippen LogP contribution in [0.25, 0.3) is 0 Å². The SMILES string of the molecule is C[C@@H](C(=O)NCc1cccc(C(=O)NC2CC2)c1)C(=O)OC(C)(C)C. The molecule has 2 amide bonds. The van der Waals surface area contributed by atoms with Crippen LogP contribution >= 0.6 is 0 Å². The Bertz CT molecular complexity index is 660. The molecule has 1 aromatic carbocycles. The molecule has 2 rings (SSSR count). The molecule has 0 saturated heterocycles. The maximum atomic E-state index is 12.1. The van der Waals surface area contributed by atoms with Gasteiger partial charge in [0.05, 0.1) is 0 Å². The van der Waals surface area contributed by atoms with E-state index in [4.69, 9.17) is 4.74 Å². The van der Waals surface area contributed by atoms with Crippen molar-refractivity contribution in [3.8, 4) is 0 Å². The Labute approximate surface area is 148 Å². The molecule has 6 nitrogen and oxygen atoms in total. The number of amides is 2. The third-order valence-electron chi connectivity index (χ3n) is 3.72. The first-order valence-electron chi connectivity index (χ1n) is 8.56. The normalized spacial score (nSPS) is 15.2. The highest BCUT2D eigenvalue weighted by molar-refractivity contribution is 5.97. The number of carbonyl (C=O) groups is 3. The molecule has 1 fully saturated rings. The number of hydrogen-bond donors (Lipinski definition) is 2. The van der Waals surface area contributed by atoms with Gasteiger partial charge in [0, 0.05) is 18.2 Å². The number of esters is 1. The monoisotopic (exact) mass is 346 g/mol. The van der Waals surface area contributed by atoms with Crippen molar-refractivity contribution in [2.24, 2.45) is 5.92 Å². The van der Waals surface area contributed by atoms with Crippen molar-refractivity contribution in [2.45, 2.75) is 58.7 Å². The molecule has 1 saturated carbocycles. The summed E-state index contributed by atoms with van der Waals surface area (Å²) in [5.74, 6) is -1.94. The van der Waals surface area contributed by atoms with Gasteiger partial charge in [0.1, 0.15) is 11.5 Å². The van der Waals surface area contributed by atoms with Gasteiger partial charge in [-0.1, -0.05) is 12.1 Å². The summed E-state index contributed by atoms with van der Waals surface area (Å²) in [7, 11) is 0. The highest BCUT2D eigenvalue weighted by atomic mass is 16.6. The number of benzene rings is 1. The Morgan fingerprint density at radius 2 is 1.92 bits per heavy atom. The fourth-order valence-electron chi connectivity index (χ4n) is 2.16. The predicted octanol–water partition coefficient (Wildman–Crippen LogP) is 2.17. The molecule has 136 valence electrons. The summed E-state index contributed by atoms with van der Waals surface area (Å²) >= 11 is 0. The minimum Gasteiger partial charge on any atom is -0.459 e. The molecule has 25 heavy (non-hydrogen) atoms. The Balaban J connectivity index is 1.88. The Kier molecular flexibility index (Phi) is 5.82. The second kappa shape index (κ2) is 7.68. The lowest BCUT2D eigenvalue weighted by atomic mass is 10.1. The van der Waals surface area contributed by atoms with Crippen molar-refractivity contribution in [2.75, 3.05) is 0 Å². The molecule has 1 atom stereocenters. The minimum absolute atomic E-state index is 0.0993. The van der Waals surface area contributed by atoms with Crippen LogP contribution < -0.4 is 10.6 Å². The highest BCUT2D eigenvalue weighted by Crippen LogP contribution is 2.19. The molecule has 2 N–H and O–H groups in total. The molecule has 0 radical (unpaired) electrons. The van der Waals surface area contributed by atoms with Gasteiger partial charge in [0.2, 0.25) is 5.91 Å². The van der Waals surface area contributed by atoms with Crippen LogP contribution in [0.4, 0.5) is 0 Å². The average Bonchev–Trinajstić information content (AvgIpc) is 3.34. The topological polar surface area (TPSA) is 84.5 Å². The van der Waals surface area contributed by atoms with Crippen molar-refractivity contribution in [1.29, 1.82) is 0 Å². The van der Waals surface area contributed by atoms with E-state index in [0.29, 0.717) is 11.6 Å². The number of ether oxygens (including phenoxy) is 1. The van der Waals surface area contributed by atoms with Gasteiger partial charge in [-0.2, -0.15) is 0 Å². The molecule has 0 heterocycles. The molecule has 6 heteroatoms. The Morgan fingerprint density at radius 3 is 2.52 bits per heavy atom. The fraction of sp³-hybridized carbons (Fsp3) is 0.526. The first-order valence-corrected chi connectivity index (χ1v) is 8.56. The van der Waals surface area contributed by atoms with Crippen LogP contribution in [0.2, 0.25) is 0 Å². The third-order valence-corrected chi connectivity index (χ3v) is 3.72. The Morgan fingerprint density at radius 1 is 1.24 bits per heavy atom. The van der Waals surface area contributed by atoms with E-state index >= 15 is 0 Å². The van der Waals surface area contributed by atoms with Crippen molar-refractivity contribution < 1.29 is 19.1 Å². The number of nitrogens with one attached hydrogen (secondary N) is 2. The van der Waals surface area contributed by atoms with E-state index in [-0.39, 0.29) is 12.5 Å². The zero-order valence-corrected chi connectivity index (χ0v) is 15.2. The van der Waals surface area contributed by atoms with E-state index in [0.717, 1.165) is 18.4 Å². The van der Waals surface area contributed by atoms with Crippen LogP contribution in [-0.2, 0) is 20.9 Å². The van der Waals surface area contributed by atoms with Gasteiger partial charge in [0.15, 0.2) is 0 Å². The van der Waals surface area contributed by atoms with E-state index in [9.17, 15) is 14.4 Å². The maximum absolute atomic E-state index is 12.1. The van der Waals surface area contributed by atoms with Crippen molar-refractivity contribution >= 4 is 17.8 Å². The number of carbonyl (C=O) groups excluding carboxylic acids is 3. The smallest absolute Gasteiger partial charge is 0.318 e. The quantitative estimate of drug-likeness (QED) is 0.611. The van der Waals surface area contributed by atoms with Crippen LogP contribution in [0, 0.1) is 5.92 Å². The van der Waals surface area contributed by atoms with E-state index < -0.39 is 23.4 Å². The second-order valence-electron chi connectivity index (χ2n) is 7.42. The van der Waals surface area contributed by atoms with Gasteiger partial charge < -0.3 is 15.4 Å². The Hall–Kier alpha value is -2.37. The van der Waals surface area contributed by atoms with Crippen LogP contribution in [0.1, 0.15) is 56.5 Å². The molecule has 0 spiro atoms. The fourth-order valence-corrected chi connectivity index (χ4v) is 2.16. The third kappa shape index (κ3) is 6.21. The van der Waals surface area contributed by atoms with Gasteiger partial charge >= 0.3 is 5.97 Å². The molecular formula is C19H26N2O4.